The third-order valence-electron chi connectivity index (χ3n) is 2.46. The number of rotatable bonds is 5. The Morgan fingerprint density at radius 3 is 2.47 bits per heavy atom. The van der Waals surface area contributed by atoms with E-state index in [0.29, 0.717) is 5.56 Å². The van der Waals surface area contributed by atoms with Crippen molar-refractivity contribution >= 4 is 12.0 Å². The van der Waals surface area contributed by atoms with E-state index in [0.717, 1.165) is 30.8 Å². The van der Waals surface area contributed by atoms with Crippen LogP contribution in [0.4, 0.5) is 5.69 Å². The molecule has 3 heteroatoms. The van der Waals surface area contributed by atoms with Crippen molar-refractivity contribution in [3.05, 3.63) is 23.8 Å². The van der Waals surface area contributed by atoms with Gasteiger partial charge in [0.25, 0.3) is 0 Å². The Labute approximate surface area is 90.7 Å². The van der Waals surface area contributed by atoms with Crippen LogP contribution in [-0.4, -0.2) is 26.5 Å². The van der Waals surface area contributed by atoms with Crippen molar-refractivity contribution < 1.29 is 9.53 Å². The molecule has 0 amide bonds. The molecule has 0 N–H and O–H groups in total. The van der Waals surface area contributed by atoms with Crippen LogP contribution in [0.1, 0.15) is 24.2 Å². The van der Waals surface area contributed by atoms with Crippen LogP contribution in [-0.2, 0) is 0 Å². The average Bonchev–Trinajstić information content (AvgIpc) is 2.30. The van der Waals surface area contributed by atoms with E-state index in [1.807, 2.05) is 18.2 Å². The quantitative estimate of drug-likeness (QED) is 0.694. The summed E-state index contributed by atoms with van der Waals surface area (Å²) in [4.78, 5) is 13.1. The summed E-state index contributed by atoms with van der Waals surface area (Å²) in [5.41, 5.74) is 1.57. The fourth-order valence-corrected chi connectivity index (χ4v) is 1.68. The lowest BCUT2D eigenvalue weighted by Gasteiger charge is -2.24. The van der Waals surface area contributed by atoms with E-state index in [1.54, 1.807) is 7.11 Å². The third-order valence-corrected chi connectivity index (χ3v) is 2.46. The van der Waals surface area contributed by atoms with Gasteiger partial charge < -0.3 is 9.64 Å². The largest absolute Gasteiger partial charge is 0.495 e. The monoisotopic (exact) mass is 207 g/mol. The highest BCUT2D eigenvalue weighted by molar-refractivity contribution is 5.87. The first-order valence-corrected chi connectivity index (χ1v) is 5.15. The molecule has 82 valence electrons. The second-order valence-electron chi connectivity index (χ2n) is 3.19. The van der Waals surface area contributed by atoms with Crippen LogP contribution < -0.4 is 9.64 Å². The molecule has 0 heterocycles. The first kappa shape index (κ1) is 11.6. The SMILES string of the molecule is CCN(CC)c1c(C=O)cccc1OC. The molecule has 1 aromatic rings. The summed E-state index contributed by atoms with van der Waals surface area (Å²) in [5, 5.41) is 0. The molecule has 0 bridgehead atoms. The zero-order valence-corrected chi connectivity index (χ0v) is 9.49. The molecule has 1 rings (SSSR count). The molecule has 1 aromatic carbocycles. The number of carbonyl (C=O) groups is 1. The highest BCUT2D eigenvalue weighted by Crippen LogP contribution is 2.30. The summed E-state index contributed by atoms with van der Waals surface area (Å²) >= 11 is 0. The normalized spacial score (nSPS) is 9.80. The lowest BCUT2D eigenvalue weighted by molar-refractivity contribution is 0.112. The minimum absolute atomic E-state index is 0.679. The van der Waals surface area contributed by atoms with Gasteiger partial charge in [-0.05, 0) is 26.0 Å². The summed E-state index contributed by atoms with van der Waals surface area (Å²) < 4.78 is 5.27. The lowest BCUT2D eigenvalue weighted by atomic mass is 10.1. The van der Waals surface area contributed by atoms with Crippen molar-refractivity contribution in [2.24, 2.45) is 0 Å². The van der Waals surface area contributed by atoms with Crippen molar-refractivity contribution in [1.29, 1.82) is 0 Å². The molecule has 0 aliphatic heterocycles. The number of hydrogen-bond acceptors (Lipinski definition) is 3. The molecule has 0 aliphatic carbocycles. The smallest absolute Gasteiger partial charge is 0.152 e. The van der Waals surface area contributed by atoms with Crippen molar-refractivity contribution in [3.8, 4) is 5.75 Å². The first-order chi connectivity index (χ1) is 7.28. The van der Waals surface area contributed by atoms with Crippen LogP contribution >= 0.6 is 0 Å². The number of ether oxygens (including phenoxy) is 1. The van der Waals surface area contributed by atoms with Crippen molar-refractivity contribution in [2.75, 3.05) is 25.1 Å². The third kappa shape index (κ3) is 2.29. The molecular weight excluding hydrogens is 190 g/mol. The molecule has 0 aromatic heterocycles. The Bertz CT molecular complexity index is 332. The van der Waals surface area contributed by atoms with Gasteiger partial charge in [-0.15, -0.1) is 0 Å². The molecule has 3 nitrogen and oxygen atoms in total. The fourth-order valence-electron chi connectivity index (χ4n) is 1.68. The minimum Gasteiger partial charge on any atom is -0.495 e. The van der Waals surface area contributed by atoms with Gasteiger partial charge >= 0.3 is 0 Å². The van der Waals surface area contributed by atoms with E-state index < -0.39 is 0 Å². The van der Waals surface area contributed by atoms with Gasteiger partial charge in [0, 0.05) is 18.7 Å². The number of hydrogen-bond donors (Lipinski definition) is 0. The lowest BCUT2D eigenvalue weighted by Crippen LogP contribution is -2.23. The number of carbonyl (C=O) groups excluding carboxylic acids is 1. The highest BCUT2D eigenvalue weighted by atomic mass is 16.5. The van der Waals surface area contributed by atoms with Gasteiger partial charge in [0.15, 0.2) is 6.29 Å². The van der Waals surface area contributed by atoms with Gasteiger partial charge in [0.05, 0.1) is 12.8 Å². The number of aldehydes is 1. The summed E-state index contributed by atoms with van der Waals surface area (Å²) in [6, 6.07) is 5.51. The van der Waals surface area contributed by atoms with Crippen LogP contribution in [0.5, 0.6) is 5.75 Å². The zero-order chi connectivity index (χ0) is 11.3. The maximum absolute atomic E-state index is 10.9. The molecule has 0 spiro atoms. The van der Waals surface area contributed by atoms with Gasteiger partial charge in [-0.3, -0.25) is 4.79 Å². The van der Waals surface area contributed by atoms with E-state index in [1.165, 1.54) is 0 Å². The average molecular weight is 207 g/mol. The maximum atomic E-state index is 10.9. The second-order valence-corrected chi connectivity index (χ2v) is 3.19. The number of para-hydroxylation sites is 1. The van der Waals surface area contributed by atoms with Gasteiger partial charge in [0.1, 0.15) is 5.75 Å². The van der Waals surface area contributed by atoms with Crippen LogP contribution in [0, 0.1) is 0 Å². The van der Waals surface area contributed by atoms with Crippen LogP contribution in [0.25, 0.3) is 0 Å². The summed E-state index contributed by atoms with van der Waals surface area (Å²) in [6.07, 6.45) is 0.871. The topological polar surface area (TPSA) is 29.5 Å². The molecule has 0 saturated heterocycles. The molecule has 0 atom stereocenters. The molecule has 0 aliphatic rings. The van der Waals surface area contributed by atoms with Crippen molar-refractivity contribution in [1.82, 2.24) is 0 Å². The molecule has 0 saturated carbocycles. The molecular formula is C12H17NO2. The van der Waals surface area contributed by atoms with E-state index in [4.69, 9.17) is 4.74 Å². The summed E-state index contributed by atoms with van der Waals surface area (Å²) in [5.74, 6) is 0.753. The molecule has 15 heavy (non-hydrogen) atoms. The molecule has 0 radical (unpaired) electrons. The Kier molecular flexibility index (Phi) is 4.16. The van der Waals surface area contributed by atoms with Crippen LogP contribution in [0.15, 0.2) is 18.2 Å². The van der Waals surface area contributed by atoms with Crippen molar-refractivity contribution in [3.63, 3.8) is 0 Å². The predicted octanol–water partition coefficient (Wildman–Crippen LogP) is 2.35. The summed E-state index contributed by atoms with van der Waals surface area (Å²) in [6.45, 7) is 5.84. The maximum Gasteiger partial charge on any atom is 0.152 e. The van der Waals surface area contributed by atoms with Crippen LogP contribution in [0.3, 0.4) is 0 Å². The van der Waals surface area contributed by atoms with E-state index in [2.05, 4.69) is 18.7 Å². The van der Waals surface area contributed by atoms with Crippen LogP contribution in [0.2, 0.25) is 0 Å². The Morgan fingerprint density at radius 2 is 2.00 bits per heavy atom. The minimum atomic E-state index is 0.679. The number of nitrogens with zero attached hydrogens (tertiary/aromatic N) is 1. The Hall–Kier alpha value is -1.51. The van der Waals surface area contributed by atoms with Gasteiger partial charge in [-0.2, -0.15) is 0 Å². The van der Waals surface area contributed by atoms with E-state index in [-0.39, 0.29) is 0 Å². The number of anilines is 1. The highest BCUT2D eigenvalue weighted by Gasteiger charge is 2.13. The van der Waals surface area contributed by atoms with E-state index >= 15 is 0 Å². The fraction of sp³-hybridized carbons (Fsp3) is 0.417. The molecule has 0 fully saturated rings. The van der Waals surface area contributed by atoms with E-state index in [9.17, 15) is 4.79 Å². The first-order valence-electron chi connectivity index (χ1n) is 5.15. The zero-order valence-electron chi connectivity index (χ0n) is 9.49. The van der Waals surface area contributed by atoms with Gasteiger partial charge in [-0.1, -0.05) is 6.07 Å². The Morgan fingerprint density at radius 1 is 1.33 bits per heavy atom. The number of benzene rings is 1. The van der Waals surface area contributed by atoms with Gasteiger partial charge in [-0.25, -0.2) is 0 Å². The standard InChI is InChI=1S/C12H17NO2/c1-4-13(5-2)12-10(9-14)7-6-8-11(12)15-3/h6-9H,4-5H2,1-3H3. The predicted molar refractivity (Wildman–Crippen MR) is 61.9 cm³/mol. The second kappa shape index (κ2) is 5.39. The summed E-state index contributed by atoms with van der Waals surface area (Å²) in [7, 11) is 1.62. The molecule has 0 unspecified atom stereocenters. The Balaban J connectivity index is 3.26. The van der Waals surface area contributed by atoms with Gasteiger partial charge in [0.2, 0.25) is 0 Å². The number of methoxy groups -OCH3 is 1. The van der Waals surface area contributed by atoms with Crippen molar-refractivity contribution in [2.45, 2.75) is 13.8 Å².